The van der Waals surface area contributed by atoms with Crippen LogP contribution in [-0.2, 0) is 25.6 Å². The van der Waals surface area contributed by atoms with E-state index >= 15 is 0 Å². The third kappa shape index (κ3) is 10.1. The molecule has 1 atom stereocenters. The number of amides is 2. The molecule has 0 aliphatic carbocycles. The van der Waals surface area contributed by atoms with E-state index < -0.39 is 35.4 Å². The quantitative estimate of drug-likeness (QED) is 0.0852. The molecule has 0 saturated heterocycles. The molecule has 1 aromatic heterocycles. The van der Waals surface area contributed by atoms with Crippen LogP contribution in [0.25, 0.3) is 10.8 Å². The third-order valence-electron chi connectivity index (χ3n) is 7.29. The smallest absolute Gasteiger partial charge is 0.439 e. The van der Waals surface area contributed by atoms with E-state index in [2.05, 4.69) is 4.98 Å². The average molecular weight is 700 g/mol. The Balaban J connectivity index is 2.05. The predicted molar refractivity (Wildman–Crippen MR) is 196 cm³/mol. The van der Waals surface area contributed by atoms with Gasteiger partial charge in [-0.15, -0.1) is 5.01 Å². The number of esters is 1. The summed E-state index contributed by atoms with van der Waals surface area (Å²) in [6.45, 7) is 17.8. The monoisotopic (exact) mass is 699 g/mol. The summed E-state index contributed by atoms with van der Waals surface area (Å²) in [4.78, 5) is 47.6. The number of hydrazine groups is 1. The fraction of sp³-hybridized carbons (Fsp3) is 0.400. The molecular weight excluding hydrogens is 650 g/mol. The standard InChI is InChI=1S/C40H49N3O8/c1-11-47-34-23-29(18-20-33(34)49-26(2)3)35(36(44)48-25-28-15-13-12-14-16-28)42(32-19-17-30-24-41-22-21-31(30)27(32)4)43(37(45)50-39(5,6)7)38(46)51-40(8,9)10/h12-24,26,35H,11,25H2,1-10H3. The number of rotatable bonds is 11. The molecule has 1 unspecified atom stereocenters. The van der Waals surface area contributed by atoms with E-state index in [0.29, 0.717) is 34.9 Å². The largest absolute Gasteiger partial charge is 0.490 e. The molecule has 0 aliphatic heterocycles. The van der Waals surface area contributed by atoms with Crippen LogP contribution in [0, 0.1) is 6.92 Å². The van der Waals surface area contributed by atoms with Gasteiger partial charge in [0.05, 0.1) is 18.4 Å². The first kappa shape index (κ1) is 38.5. The van der Waals surface area contributed by atoms with Crippen LogP contribution >= 0.6 is 0 Å². The third-order valence-corrected chi connectivity index (χ3v) is 7.29. The van der Waals surface area contributed by atoms with Crippen molar-refractivity contribution in [3.63, 3.8) is 0 Å². The van der Waals surface area contributed by atoms with Gasteiger partial charge in [-0.3, -0.25) is 9.99 Å². The first-order valence-electron chi connectivity index (χ1n) is 17.0. The van der Waals surface area contributed by atoms with Crippen LogP contribution in [0.5, 0.6) is 11.5 Å². The number of aryl methyl sites for hydroxylation is 1. The Morgan fingerprint density at radius 1 is 0.824 bits per heavy atom. The summed E-state index contributed by atoms with van der Waals surface area (Å²) in [5.41, 5.74) is 0.0459. The molecule has 272 valence electrons. The number of carbonyl (C=O) groups excluding carboxylic acids is 3. The molecule has 0 saturated carbocycles. The van der Waals surface area contributed by atoms with Crippen LogP contribution < -0.4 is 14.5 Å². The molecule has 0 aliphatic rings. The maximum absolute atomic E-state index is 14.7. The van der Waals surface area contributed by atoms with Crippen molar-refractivity contribution in [1.82, 2.24) is 9.99 Å². The molecule has 0 N–H and O–H groups in total. The SMILES string of the molecule is CCOc1cc(C(C(=O)OCc2ccccc2)N(c2ccc3cnccc3c2C)N(C(=O)OC(C)(C)C)C(=O)OC(C)(C)C)ccc1OC(C)C. The van der Waals surface area contributed by atoms with Crippen LogP contribution in [0.3, 0.4) is 0 Å². The number of carbonyl (C=O) groups is 3. The summed E-state index contributed by atoms with van der Waals surface area (Å²) in [6.07, 6.45) is 1.08. The molecule has 0 fully saturated rings. The molecule has 51 heavy (non-hydrogen) atoms. The normalized spacial score (nSPS) is 12.2. The lowest BCUT2D eigenvalue weighted by Crippen LogP contribution is -2.56. The molecule has 0 spiro atoms. The van der Waals surface area contributed by atoms with Gasteiger partial charge in [0.1, 0.15) is 17.8 Å². The van der Waals surface area contributed by atoms with E-state index in [0.717, 1.165) is 21.3 Å². The van der Waals surface area contributed by atoms with E-state index in [1.54, 1.807) is 84.3 Å². The Morgan fingerprint density at radius 2 is 1.47 bits per heavy atom. The van der Waals surface area contributed by atoms with Crippen molar-refractivity contribution in [3.8, 4) is 11.5 Å². The molecule has 2 amide bonds. The minimum absolute atomic E-state index is 0.0713. The number of ether oxygens (including phenoxy) is 5. The maximum Gasteiger partial charge on any atom is 0.439 e. The number of hydrogen-bond donors (Lipinski definition) is 0. The first-order valence-corrected chi connectivity index (χ1v) is 17.0. The zero-order chi connectivity index (χ0) is 37.5. The highest BCUT2D eigenvalue weighted by Crippen LogP contribution is 2.40. The summed E-state index contributed by atoms with van der Waals surface area (Å²) < 4.78 is 29.7. The zero-order valence-corrected chi connectivity index (χ0v) is 31.2. The number of benzene rings is 3. The second kappa shape index (κ2) is 16.1. The topological polar surface area (TPSA) is 117 Å². The van der Waals surface area contributed by atoms with Gasteiger partial charge in [0, 0.05) is 17.8 Å². The number of anilines is 1. The maximum atomic E-state index is 14.7. The molecule has 0 radical (unpaired) electrons. The van der Waals surface area contributed by atoms with E-state index in [1.165, 1.54) is 5.01 Å². The van der Waals surface area contributed by atoms with E-state index in [4.69, 9.17) is 23.7 Å². The average Bonchev–Trinajstić information content (AvgIpc) is 3.04. The predicted octanol–water partition coefficient (Wildman–Crippen LogP) is 9.11. The summed E-state index contributed by atoms with van der Waals surface area (Å²) in [5.74, 6) is 0.0705. The second-order valence-electron chi connectivity index (χ2n) is 14.2. The Morgan fingerprint density at radius 3 is 2.06 bits per heavy atom. The van der Waals surface area contributed by atoms with Crippen LogP contribution in [0.4, 0.5) is 15.3 Å². The molecule has 3 aromatic carbocycles. The van der Waals surface area contributed by atoms with Crippen molar-refractivity contribution in [2.24, 2.45) is 0 Å². The van der Waals surface area contributed by atoms with Crippen LogP contribution in [0.1, 0.15) is 85.0 Å². The zero-order valence-electron chi connectivity index (χ0n) is 31.2. The van der Waals surface area contributed by atoms with Crippen LogP contribution in [0.15, 0.2) is 79.1 Å². The second-order valence-corrected chi connectivity index (χ2v) is 14.2. The number of hydrogen-bond acceptors (Lipinski definition) is 10. The molecule has 4 aromatic rings. The Bertz CT molecular complexity index is 1800. The summed E-state index contributed by atoms with van der Waals surface area (Å²) in [7, 11) is 0. The van der Waals surface area contributed by atoms with Crippen molar-refractivity contribution < 1.29 is 38.1 Å². The Hall–Kier alpha value is -5.32. The fourth-order valence-corrected chi connectivity index (χ4v) is 5.28. The lowest BCUT2D eigenvalue weighted by atomic mass is 10.0. The van der Waals surface area contributed by atoms with E-state index in [-0.39, 0.29) is 12.7 Å². The lowest BCUT2D eigenvalue weighted by molar-refractivity contribution is -0.147. The molecule has 11 nitrogen and oxygen atoms in total. The number of nitrogens with zero attached hydrogens (tertiary/aromatic N) is 3. The highest BCUT2D eigenvalue weighted by molar-refractivity contribution is 5.96. The Labute approximate surface area is 300 Å². The van der Waals surface area contributed by atoms with Crippen LogP contribution in [0.2, 0.25) is 0 Å². The molecule has 0 bridgehead atoms. The fourth-order valence-electron chi connectivity index (χ4n) is 5.28. The molecular formula is C40H49N3O8. The van der Waals surface area contributed by atoms with E-state index in [1.807, 2.05) is 64.1 Å². The summed E-state index contributed by atoms with van der Waals surface area (Å²) in [6, 6.07) is 18.2. The van der Waals surface area contributed by atoms with Gasteiger partial charge in [-0.05, 0) is 116 Å². The van der Waals surface area contributed by atoms with Gasteiger partial charge < -0.3 is 23.7 Å². The van der Waals surface area contributed by atoms with Crippen molar-refractivity contribution in [2.45, 2.75) is 99.2 Å². The van der Waals surface area contributed by atoms with Gasteiger partial charge in [-0.25, -0.2) is 14.4 Å². The highest BCUT2D eigenvalue weighted by atomic mass is 16.6. The van der Waals surface area contributed by atoms with Crippen molar-refractivity contribution in [2.75, 3.05) is 11.6 Å². The first-order chi connectivity index (χ1) is 24.0. The summed E-state index contributed by atoms with van der Waals surface area (Å²) in [5, 5.41) is 3.63. The number of pyridine rings is 1. The molecule has 4 rings (SSSR count). The minimum atomic E-state index is -1.45. The Kier molecular flexibility index (Phi) is 12.2. The van der Waals surface area contributed by atoms with Gasteiger partial charge in [0.25, 0.3) is 0 Å². The molecule has 1 heterocycles. The highest BCUT2D eigenvalue weighted by Gasteiger charge is 2.44. The van der Waals surface area contributed by atoms with Gasteiger partial charge in [0.15, 0.2) is 17.5 Å². The minimum Gasteiger partial charge on any atom is -0.490 e. The van der Waals surface area contributed by atoms with Crippen molar-refractivity contribution >= 4 is 34.6 Å². The van der Waals surface area contributed by atoms with Crippen molar-refractivity contribution in [3.05, 3.63) is 95.8 Å². The van der Waals surface area contributed by atoms with Gasteiger partial charge in [0.2, 0.25) is 0 Å². The van der Waals surface area contributed by atoms with Crippen LogP contribution in [-0.4, -0.2) is 52.1 Å². The van der Waals surface area contributed by atoms with Gasteiger partial charge >= 0.3 is 18.2 Å². The van der Waals surface area contributed by atoms with Crippen molar-refractivity contribution in [1.29, 1.82) is 0 Å². The summed E-state index contributed by atoms with van der Waals surface area (Å²) >= 11 is 0. The number of fused-ring (bicyclic) bond motifs is 1. The molecule has 11 heteroatoms. The lowest BCUT2D eigenvalue weighted by Gasteiger charge is -2.40. The van der Waals surface area contributed by atoms with E-state index in [9.17, 15) is 14.4 Å². The number of imide groups is 1. The number of aromatic nitrogens is 1. The van der Waals surface area contributed by atoms with Gasteiger partial charge in [-0.2, -0.15) is 0 Å². The van der Waals surface area contributed by atoms with Gasteiger partial charge in [-0.1, -0.05) is 42.5 Å².